The number of nitrogen functional groups attached to an aromatic ring is 1. The highest BCUT2D eigenvalue weighted by Gasteiger charge is 2.19. The van der Waals surface area contributed by atoms with Gasteiger partial charge < -0.3 is 10.6 Å². The lowest BCUT2D eigenvalue weighted by Gasteiger charge is -2.27. The number of rotatable bonds is 3. The van der Waals surface area contributed by atoms with Crippen molar-refractivity contribution in [1.29, 1.82) is 5.41 Å². The molecular formula is C13H21N5. The van der Waals surface area contributed by atoms with Crippen molar-refractivity contribution in [3.8, 4) is 0 Å². The predicted molar refractivity (Wildman–Crippen MR) is 72.9 cm³/mol. The highest BCUT2D eigenvalue weighted by atomic mass is 15.3. The Labute approximate surface area is 108 Å². The first-order valence-corrected chi connectivity index (χ1v) is 6.59. The Kier molecular flexibility index (Phi) is 4.12. The van der Waals surface area contributed by atoms with Crippen molar-refractivity contribution in [2.75, 3.05) is 11.9 Å². The van der Waals surface area contributed by atoms with E-state index in [-0.39, 0.29) is 5.84 Å². The van der Waals surface area contributed by atoms with E-state index in [1.54, 1.807) is 12.3 Å². The fraction of sp³-hybridized carbons (Fsp3) is 0.615. The maximum absolute atomic E-state index is 7.42. The van der Waals surface area contributed by atoms with Crippen molar-refractivity contribution < 1.29 is 0 Å². The van der Waals surface area contributed by atoms with Crippen LogP contribution in [-0.2, 0) is 0 Å². The van der Waals surface area contributed by atoms with Crippen LogP contribution in [0.2, 0.25) is 0 Å². The highest BCUT2D eigenvalue weighted by molar-refractivity contribution is 5.93. The van der Waals surface area contributed by atoms with E-state index >= 15 is 0 Å². The molecule has 0 amide bonds. The Morgan fingerprint density at radius 3 is 2.61 bits per heavy atom. The van der Waals surface area contributed by atoms with Crippen LogP contribution in [0.4, 0.5) is 5.95 Å². The van der Waals surface area contributed by atoms with Gasteiger partial charge in [0, 0.05) is 19.3 Å². The largest absolute Gasteiger partial charge is 0.382 e. The molecule has 1 aliphatic carbocycles. The molecule has 0 aromatic carbocycles. The van der Waals surface area contributed by atoms with Gasteiger partial charge in [-0.1, -0.05) is 25.7 Å². The van der Waals surface area contributed by atoms with Crippen molar-refractivity contribution in [2.45, 2.75) is 44.6 Å². The molecule has 1 saturated carbocycles. The third-order valence-corrected chi connectivity index (χ3v) is 3.61. The molecule has 1 aromatic heterocycles. The van der Waals surface area contributed by atoms with Gasteiger partial charge in [0.2, 0.25) is 5.95 Å². The lowest BCUT2D eigenvalue weighted by atomic mass is 10.1. The van der Waals surface area contributed by atoms with Gasteiger partial charge in [-0.15, -0.1) is 0 Å². The van der Waals surface area contributed by atoms with Crippen LogP contribution in [0.25, 0.3) is 0 Å². The molecule has 1 heterocycles. The van der Waals surface area contributed by atoms with E-state index in [1.165, 1.54) is 38.5 Å². The molecular weight excluding hydrogens is 226 g/mol. The van der Waals surface area contributed by atoms with E-state index in [4.69, 9.17) is 11.1 Å². The summed E-state index contributed by atoms with van der Waals surface area (Å²) in [6, 6.07) is 2.18. The van der Waals surface area contributed by atoms with Crippen LogP contribution in [0.15, 0.2) is 12.3 Å². The maximum atomic E-state index is 7.42. The second-order valence-corrected chi connectivity index (χ2v) is 4.91. The average Bonchev–Trinajstić information content (AvgIpc) is 2.67. The molecule has 5 heteroatoms. The summed E-state index contributed by atoms with van der Waals surface area (Å²) < 4.78 is 0. The molecule has 98 valence electrons. The van der Waals surface area contributed by atoms with Crippen molar-refractivity contribution in [3.05, 3.63) is 18.0 Å². The summed E-state index contributed by atoms with van der Waals surface area (Å²) in [5.74, 6) is 0.669. The van der Waals surface area contributed by atoms with Crippen LogP contribution in [0.5, 0.6) is 0 Å². The van der Waals surface area contributed by atoms with E-state index in [9.17, 15) is 0 Å². The zero-order chi connectivity index (χ0) is 13.0. The van der Waals surface area contributed by atoms with Crippen LogP contribution in [-0.4, -0.2) is 28.9 Å². The van der Waals surface area contributed by atoms with Gasteiger partial charge in [0.05, 0.1) is 0 Å². The first kappa shape index (κ1) is 12.8. The molecule has 0 bridgehead atoms. The molecule has 0 atom stereocenters. The minimum atomic E-state index is -0.00656. The monoisotopic (exact) mass is 247 g/mol. The van der Waals surface area contributed by atoms with Gasteiger partial charge >= 0.3 is 0 Å². The Morgan fingerprint density at radius 1 is 1.33 bits per heavy atom. The molecule has 1 fully saturated rings. The van der Waals surface area contributed by atoms with Gasteiger partial charge in [0.1, 0.15) is 11.5 Å². The number of aromatic nitrogens is 2. The van der Waals surface area contributed by atoms with Crippen molar-refractivity contribution in [3.63, 3.8) is 0 Å². The lowest BCUT2D eigenvalue weighted by Crippen LogP contribution is -2.33. The van der Waals surface area contributed by atoms with E-state index in [0.29, 0.717) is 17.7 Å². The standard InChI is InChI=1S/C13H21N5/c1-18(10-6-4-2-3-5-7-10)13-16-9-8-11(17-13)12(14)15/h8-10H,2-7H2,1H3,(H3,14,15). The fourth-order valence-corrected chi connectivity index (χ4v) is 2.48. The molecule has 1 aromatic rings. The molecule has 3 N–H and O–H groups in total. The van der Waals surface area contributed by atoms with Crippen LogP contribution < -0.4 is 10.6 Å². The first-order chi connectivity index (χ1) is 8.68. The number of hydrogen-bond donors (Lipinski definition) is 2. The number of nitrogens with one attached hydrogen (secondary N) is 1. The summed E-state index contributed by atoms with van der Waals surface area (Å²) in [5, 5.41) is 7.42. The molecule has 0 radical (unpaired) electrons. The zero-order valence-electron chi connectivity index (χ0n) is 10.9. The number of hydrogen-bond acceptors (Lipinski definition) is 4. The predicted octanol–water partition coefficient (Wildman–Crippen LogP) is 1.92. The molecule has 1 aliphatic rings. The zero-order valence-corrected chi connectivity index (χ0v) is 10.9. The number of anilines is 1. The topological polar surface area (TPSA) is 78.9 Å². The summed E-state index contributed by atoms with van der Waals surface area (Å²) >= 11 is 0. The highest BCUT2D eigenvalue weighted by Crippen LogP contribution is 2.23. The normalized spacial score (nSPS) is 17.2. The van der Waals surface area contributed by atoms with E-state index in [1.807, 2.05) is 7.05 Å². The Hall–Kier alpha value is -1.65. The third kappa shape index (κ3) is 2.97. The van der Waals surface area contributed by atoms with Crippen LogP contribution >= 0.6 is 0 Å². The molecule has 5 nitrogen and oxygen atoms in total. The molecule has 0 spiro atoms. The van der Waals surface area contributed by atoms with Crippen molar-refractivity contribution >= 4 is 11.8 Å². The second kappa shape index (κ2) is 5.80. The number of amidine groups is 1. The molecule has 18 heavy (non-hydrogen) atoms. The Bertz CT molecular complexity index is 410. The third-order valence-electron chi connectivity index (χ3n) is 3.61. The average molecular weight is 247 g/mol. The van der Waals surface area contributed by atoms with Gasteiger partial charge in [-0.05, 0) is 18.9 Å². The number of nitrogens with zero attached hydrogens (tertiary/aromatic N) is 3. The lowest BCUT2D eigenvalue weighted by molar-refractivity contribution is 0.544. The second-order valence-electron chi connectivity index (χ2n) is 4.91. The van der Waals surface area contributed by atoms with Gasteiger partial charge in [-0.2, -0.15) is 0 Å². The minimum absolute atomic E-state index is 0.00656. The summed E-state index contributed by atoms with van der Waals surface area (Å²) in [5.41, 5.74) is 5.96. The fourth-order valence-electron chi connectivity index (χ4n) is 2.48. The van der Waals surface area contributed by atoms with E-state index in [2.05, 4.69) is 14.9 Å². The van der Waals surface area contributed by atoms with E-state index < -0.39 is 0 Å². The molecule has 0 aliphatic heterocycles. The van der Waals surface area contributed by atoms with Gasteiger partial charge in [0.15, 0.2) is 0 Å². The molecule has 2 rings (SSSR count). The molecule has 0 saturated heterocycles. The van der Waals surface area contributed by atoms with E-state index in [0.717, 1.165) is 0 Å². The molecule has 0 unspecified atom stereocenters. The maximum Gasteiger partial charge on any atom is 0.225 e. The number of nitrogens with two attached hydrogens (primary N) is 1. The van der Waals surface area contributed by atoms with Gasteiger partial charge in [0.25, 0.3) is 0 Å². The van der Waals surface area contributed by atoms with Crippen LogP contribution in [0.3, 0.4) is 0 Å². The van der Waals surface area contributed by atoms with Crippen LogP contribution in [0.1, 0.15) is 44.2 Å². The smallest absolute Gasteiger partial charge is 0.225 e. The summed E-state index contributed by atoms with van der Waals surface area (Å²) in [7, 11) is 2.04. The summed E-state index contributed by atoms with van der Waals surface area (Å²) in [6.07, 6.45) is 9.29. The minimum Gasteiger partial charge on any atom is -0.382 e. The quantitative estimate of drug-likeness (QED) is 0.486. The van der Waals surface area contributed by atoms with Crippen LogP contribution in [0, 0.1) is 5.41 Å². The first-order valence-electron chi connectivity index (χ1n) is 6.59. The van der Waals surface area contributed by atoms with Gasteiger partial charge in [-0.25, -0.2) is 9.97 Å². The summed E-state index contributed by atoms with van der Waals surface area (Å²) in [4.78, 5) is 10.8. The summed E-state index contributed by atoms with van der Waals surface area (Å²) in [6.45, 7) is 0. The Morgan fingerprint density at radius 2 is 2.00 bits per heavy atom. The van der Waals surface area contributed by atoms with Gasteiger partial charge in [-0.3, -0.25) is 5.41 Å². The van der Waals surface area contributed by atoms with Crippen molar-refractivity contribution in [1.82, 2.24) is 9.97 Å². The Balaban J connectivity index is 2.13. The SMILES string of the molecule is CN(c1nccc(C(=N)N)n1)C1CCCCCC1. The van der Waals surface area contributed by atoms with Crippen molar-refractivity contribution in [2.24, 2.45) is 5.73 Å².